The van der Waals surface area contributed by atoms with Gasteiger partial charge in [-0.15, -0.1) is 11.3 Å². The summed E-state index contributed by atoms with van der Waals surface area (Å²) in [7, 11) is 0. The van der Waals surface area contributed by atoms with Gasteiger partial charge in [0.2, 0.25) is 5.91 Å². The Kier molecular flexibility index (Phi) is 4.49. The van der Waals surface area contributed by atoms with Crippen molar-refractivity contribution in [3.63, 3.8) is 0 Å². The van der Waals surface area contributed by atoms with Crippen molar-refractivity contribution in [1.82, 2.24) is 10.1 Å². The maximum Gasteiger partial charge on any atom is 0.232 e. The van der Waals surface area contributed by atoms with Gasteiger partial charge in [0.1, 0.15) is 5.69 Å². The van der Waals surface area contributed by atoms with E-state index >= 15 is 0 Å². The summed E-state index contributed by atoms with van der Waals surface area (Å²) in [6.07, 6.45) is 0.147. The minimum Gasteiger partial charge on any atom is -0.356 e. The number of benzene rings is 2. The Morgan fingerprint density at radius 3 is 2.67 bits per heavy atom. The lowest BCUT2D eigenvalue weighted by Crippen LogP contribution is -2.14. The van der Waals surface area contributed by atoms with Gasteiger partial charge in [0.25, 0.3) is 0 Å². The number of para-hydroxylation sites is 1. The van der Waals surface area contributed by atoms with Crippen LogP contribution in [0, 0.1) is 20.8 Å². The summed E-state index contributed by atoms with van der Waals surface area (Å²) in [5, 5.41) is 10.3. The number of aromatic nitrogens is 2. The van der Waals surface area contributed by atoms with Crippen LogP contribution >= 0.6 is 11.3 Å². The van der Waals surface area contributed by atoms with Gasteiger partial charge in [-0.1, -0.05) is 35.0 Å². The molecule has 0 unspecified atom stereocenters. The van der Waals surface area contributed by atoms with E-state index < -0.39 is 0 Å². The van der Waals surface area contributed by atoms with E-state index in [0.717, 1.165) is 16.6 Å². The summed E-state index contributed by atoms with van der Waals surface area (Å²) in [6, 6.07) is 11.8. The minimum atomic E-state index is -0.160. The van der Waals surface area contributed by atoms with E-state index in [1.807, 2.05) is 29.6 Å². The molecule has 5 nitrogen and oxygen atoms in total. The molecule has 1 amide bonds. The molecule has 0 radical (unpaired) electrons. The Morgan fingerprint density at radius 1 is 1.15 bits per heavy atom. The first-order valence-electron chi connectivity index (χ1n) is 8.68. The van der Waals surface area contributed by atoms with E-state index in [1.54, 1.807) is 0 Å². The maximum absolute atomic E-state index is 12.4. The fourth-order valence-electron chi connectivity index (χ4n) is 3.41. The Bertz CT molecular complexity index is 1120. The molecule has 136 valence electrons. The fraction of sp³-hybridized carbons (Fsp3) is 0.190. The number of rotatable bonds is 4. The second-order valence-corrected chi connectivity index (χ2v) is 7.52. The van der Waals surface area contributed by atoms with Crippen molar-refractivity contribution >= 4 is 33.3 Å². The molecule has 2 heterocycles. The highest BCUT2D eigenvalue weighted by molar-refractivity contribution is 7.14. The highest BCUT2D eigenvalue weighted by atomic mass is 32.1. The van der Waals surface area contributed by atoms with Crippen LogP contribution in [0.4, 0.5) is 5.13 Å². The number of carbonyl (C=O) groups is 1. The molecule has 2 aromatic heterocycles. The predicted molar refractivity (Wildman–Crippen MR) is 108 cm³/mol. The van der Waals surface area contributed by atoms with E-state index in [9.17, 15) is 4.79 Å². The van der Waals surface area contributed by atoms with Crippen LogP contribution in [0.1, 0.15) is 22.4 Å². The minimum absolute atomic E-state index is 0.147. The summed E-state index contributed by atoms with van der Waals surface area (Å²) < 4.78 is 5.26. The number of thiazole rings is 1. The fourth-order valence-corrected chi connectivity index (χ4v) is 4.13. The van der Waals surface area contributed by atoms with Crippen molar-refractivity contribution in [1.29, 1.82) is 0 Å². The lowest BCUT2D eigenvalue weighted by atomic mass is 9.98. The van der Waals surface area contributed by atoms with E-state index in [4.69, 9.17) is 4.52 Å². The molecule has 0 atom stereocenters. The number of fused-ring (bicyclic) bond motifs is 1. The first-order chi connectivity index (χ1) is 13.0. The van der Waals surface area contributed by atoms with Crippen LogP contribution in [0.3, 0.4) is 0 Å². The highest BCUT2D eigenvalue weighted by Gasteiger charge is 2.15. The molecule has 0 aliphatic heterocycles. The van der Waals surface area contributed by atoms with Crippen LogP contribution in [0.5, 0.6) is 0 Å². The number of nitrogens with zero attached hydrogens (tertiary/aromatic N) is 2. The average Bonchev–Trinajstić information content (AvgIpc) is 3.22. The van der Waals surface area contributed by atoms with Gasteiger partial charge in [-0.3, -0.25) is 4.79 Å². The van der Waals surface area contributed by atoms with E-state index in [-0.39, 0.29) is 12.3 Å². The third kappa shape index (κ3) is 3.48. The molecule has 0 saturated heterocycles. The van der Waals surface area contributed by atoms with Gasteiger partial charge < -0.3 is 9.84 Å². The molecule has 1 N–H and O–H groups in total. The molecule has 27 heavy (non-hydrogen) atoms. The van der Waals surface area contributed by atoms with Crippen LogP contribution in [-0.2, 0) is 11.2 Å². The van der Waals surface area contributed by atoms with Crippen molar-refractivity contribution in [2.45, 2.75) is 27.2 Å². The number of hydrogen-bond donors (Lipinski definition) is 1. The lowest BCUT2D eigenvalue weighted by Gasteiger charge is -2.08. The smallest absolute Gasteiger partial charge is 0.232 e. The second-order valence-electron chi connectivity index (χ2n) is 6.66. The number of amides is 1. The van der Waals surface area contributed by atoms with Crippen LogP contribution in [0.15, 0.2) is 46.3 Å². The van der Waals surface area contributed by atoms with Crippen molar-refractivity contribution in [3.05, 3.63) is 64.2 Å². The molecule has 4 aromatic rings. The topological polar surface area (TPSA) is 68.0 Å². The van der Waals surface area contributed by atoms with Crippen LogP contribution in [0.25, 0.3) is 22.2 Å². The first kappa shape index (κ1) is 17.4. The molecule has 0 spiro atoms. The normalized spacial score (nSPS) is 11.1. The van der Waals surface area contributed by atoms with E-state index in [0.29, 0.717) is 16.4 Å². The number of hydrogen-bond acceptors (Lipinski definition) is 5. The van der Waals surface area contributed by atoms with Crippen LogP contribution in [-0.4, -0.2) is 16.0 Å². The molecule has 4 rings (SSSR count). The Morgan fingerprint density at radius 2 is 1.89 bits per heavy atom. The standard InChI is InChI=1S/C21H19N3O2S/c1-12-8-13(2)20(14(3)9-12)17-11-27-21(22-17)23-19(25)10-16-15-6-4-5-7-18(15)26-24-16/h4-9,11H,10H2,1-3H3,(H,22,23,25). The van der Waals surface area contributed by atoms with Gasteiger partial charge in [-0.05, 0) is 44.0 Å². The van der Waals surface area contributed by atoms with Gasteiger partial charge in [-0.25, -0.2) is 4.98 Å². The summed E-state index contributed by atoms with van der Waals surface area (Å²) in [5.41, 5.74) is 6.93. The van der Waals surface area contributed by atoms with Gasteiger partial charge in [0.05, 0.1) is 12.1 Å². The maximum atomic E-state index is 12.4. The lowest BCUT2D eigenvalue weighted by molar-refractivity contribution is -0.115. The van der Waals surface area contributed by atoms with E-state index in [2.05, 4.69) is 48.4 Å². The zero-order valence-electron chi connectivity index (χ0n) is 15.4. The SMILES string of the molecule is Cc1cc(C)c(-c2csc(NC(=O)Cc3noc4ccccc34)n2)c(C)c1. The van der Waals surface area contributed by atoms with Gasteiger partial charge in [-0.2, -0.15) is 0 Å². The third-order valence-electron chi connectivity index (χ3n) is 4.46. The number of carbonyl (C=O) groups excluding carboxylic acids is 1. The molecular weight excluding hydrogens is 358 g/mol. The Balaban J connectivity index is 1.52. The van der Waals surface area contributed by atoms with Gasteiger partial charge in [0, 0.05) is 16.3 Å². The Hall–Kier alpha value is -2.99. The van der Waals surface area contributed by atoms with Crippen molar-refractivity contribution in [2.75, 3.05) is 5.32 Å². The Labute approximate surface area is 161 Å². The quantitative estimate of drug-likeness (QED) is 0.540. The summed E-state index contributed by atoms with van der Waals surface area (Å²) in [4.78, 5) is 17.0. The summed E-state index contributed by atoms with van der Waals surface area (Å²) in [6.45, 7) is 6.26. The molecule has 0 fully saturated rings. The second kappa shape index (κ2) is 6.96. The molecule has 2 aromatic carbocycles. The molecule has 0 aliphatic rings. The largest absolute Gasteiger partial charge is 0.356 e. The summed E-state index contributed by atoms with van der Waals surface area (Å²) >= 11 is 1.42. The van der Waals surface area contributed by atoms with Crippen molar-refractivity contribution in [2.24, 2.45) is 0 Å². The van der Waals surface area contributed by atoms with Crippen molar-refractivity contribution in [3.8, 4) is 11.3 Å². The monoisotopic (exact) mass is 377 g/mol. The molecular formula is C21H19N3O2S. The number of nitrogens with one attached hydrogen (secondary N) is 1. The molecule has 0 bridgehead atoms. The molecule has 0 saturated carbocycles. The molecule has 6 heteroatoms. The van der Waals surface area contributed by atoms with Crippen LogP contribution < -0.4 is 5.32 Å². The molecule has 0 aliphatic carbocycles. The van der Waals surface area contributed by atoms with Gasteiger partial charge >= 0.3 is 0 Å². The first-order valence-corrected chi connectivity index (χ1v) is 9.56. The van der Waals surface area contributed by atoms with Crippen molar-refractivity contribution < 1.29 is 9.32 Å². The summed E-state index contributed by atoms with van der Waals surface area (Å²) in [5.74, 6) is -0.160. The zero-order chi connectivity index (χ0) is 19.0. The number of anilines is 1. The average molecular weight is 377 g/mol. The number of aryl methyl sites for hydroxylation is 3. The predicted octanol–water partition coefficient (Wildman–Crippen LogP) is 5.06. The zero-order valence-corrected chi connectivity index (χ0v) is 16.2. The third-order valence-corrected chi connectivity index (χ3v) is 5.22. The van der Waals surface area contributed by atoms with Gasteiger partial charge in [0.15, 0.2) is 10.7 Å². The van der Waals surface area contributed by atoms with Crippen LogP contribution in [0.2, 0.25) is 0 Å². The highest BCUT2D eigenvalue weighted by Crippen LogP contribution is 2.31. The van der Waals surface area contributed by atoms with E-state index in [1.165, 1.54) is 28.0 Å².